The second kappa shape index (κ2) is 11.0. The minimum Gasteiger partial charge on any atom is -0.369 e. The van der Waals surface area contributed by atoms with Crippen molar-refractivity contribution < 1.29 is 27.5 Å². The van der Waals surface area contributed by atoms with Crippen LogP contribution in [0.1, 0.15) is 34.6 Å². The summed E-state index contributed by atoms with van der Waals surface area (Å²) >= 11 is 5.84. The fourth-order valence-electron chi connectivity index (χ4n) is 3.28. The van der Waals surface area contributed by atoms with Crippen LogP contribution in [0.5, 0.6) is 0 Å². The maximum atomic E-state index is 14.6. The van der Waals surface area contributed by atoms with E-state index in [4.69, 9.17) is 11.6 Å². The monoisotopic (exact) mass is 518 g/mol. The standard InChI is InChI=1S/C25H24ClFN2O5S/c1-3-35(33,34)20-11-4-16(5-12-20)14-23(30)28-22-13-8-18(15-21(22)27)25(32)29(2)24(31)17-6-9-19(26)10-7-17/h4-13,15,24,31H,3,14H2,1-2H3,(H,28,30)/t24-/m1/s1. The Morgan fingerprint density at radius 1 is 1.06 bits per heavy atom. The summed E-state index contributed by atoms with van der Waals surface area (Å²) in [6.45, 7) is 1.55. The average molecular weight is 519 g/mol. The van der Waals surface area contributed by atoms with E-state index in [1.165, 1.54) is 43.4 Å². The first-order valence-electron chi connectivity index (χ1n) is 10.6. The fourth-order valence-corrected chi connectivity index (χ4v) is 4.29. The lowest BCUT2D eigenvalue weighted by Gasteiger charge is -2.24. The molecule has 3 aromatic carbocycles. The van der Waals surface area contributed by atoms with Crippen LogP contribution in [0.2, 0.25) is 5.02 Å². The number of carbonyl (C=O) groups is 2. The molecule has 0 spiro atoms. The van der Waals surface area contributed by atoms with Crippen LogP contribution in [0.4, 0.5) is 10.1 Å². The summed E-state index contributed by atoms with van der Waals surface area (Å²) in [4.78, 5) is 26.3. The van der Waals surface area contributed by atoms with Gasteiger partial charge in [-0.1, -0.05) is 42.8 Å². The van der Waals surface area contributed by atoms with Crippen LogP contribution >= 0.6 is 11.6 Å². The number of halogens is 2. The third-order valence-corrected chi connectivity index (χ3v) is 7.38. The Labute approximate surface area is 208 Å². The minimum absolute atomic E-state index is 0.0104. The predicted molar refractivity (Wildman–Crippen MR) is 131 cm³/mol. The summed E-state index contributed by atoms with van der Waals surface area (Å²) in [5.74, 6) is -1.97. The molecule has 7 nitrogen and oxygen atoms in total. The van der Waals surface area contributed by atoms with Crippen molar-refractivity contribution in [3.63, 3.8) is 0 Å². The molecule has 0 fully saturated rings. The first-order valence-corrected chi connectivity index (χ1v) is 12.7. The van der Waals surface area contributed by atoms with Crippen LogP contribution in [-0.2, 0) is 21.1 Å². The van der Waals surface area contributed by atoms with Crippen molar-refractivity contribution in [2.45, 2.75) is 24.5 Å². The number of aliphatic hydroxyl groups is 1. The molecule has 0 radical (unpaired) electrons. The number of sulfone groups is 1. The van der Waals surface area contributed by atoms with Gasteiger partial charge in [0.1, 0.15) is 5.82 Å². The van der Waals surface area contributed by atoms with Gasteiger partial charge in [-0.05, 0) is 48.0 Å². The van der Waals surface area contributed by atoms with Crippen molar-refractivity contribution in [1.82, 2.24) is 4.90 Å². The zero-order valence-corrected chi connectivity index (χ0v) is 20.6. The van der Waals surface area contributed by atoms with Gasteiger partial charge < -0.3 is 15.3 Å². The maximum Gasteiger partial charge on any atom is 0.255 e. The SMILES string of the molecule is CCS(=O)(=O)c1ccc(CC(=O)Nc2ccc(C(=O)N(C)[C@H](O)c3ccc(Cl)cc3)cc2F)cc1. The molecule has 2 amide bonds. The van der Waals surface area contributed by atoms with Crippen LogP contribution in [0.3, 0.4) is 0 Å². The van der Waals surface area contributed by atoms with E-state index in [1.807, 2.05) is 0 Å². The second-order valence-corrected chi connectivity index (χ2v) is 10.5. The van der Waals surface area contributed by atoms with Crippen molar-refractivity contribution in [3.05, 3.63) is 94.3 Å². The third-order valence-electron chi connectivity index (χ3n) is 5.37. The molecule has 35 heavy (non-hydrogen) atoms. The smallest absolute Gasteiger partial charge is 0.255 e. The lowest BCUT2D eigenvalue weighted by atomic mass is 10.1. The van der Waals surface area contributed by atoms with Gasteiger partial charge in [-0.15, -0.1) is 0 Å². The summed E-state index contributed by atoms with van der Waals surface area (Å²) in [5, 5.41) is 13.4. The van der Waals surface area contributed by atoms with Gasteiger partial charge >= 0.3 is 0 Å². The number of nitrogens with one attached hydrogen (secondary N) is 1. The topological polar surface area (TPSA) is 104 Å². The summed E-state index contributed by atoms with van der Waals surface area (Å²) in [6, 6.07) is 15.8. The molecule has 0 aliphatic rings. The largest absolute Gasteiger partial charge is 0.369 e. The number of amides is 2. The number of aliphatic hydroxyl groups excluding tert-OH is 1. The van der Waals surface area contributed by atoms with Crippen molar-refractivity contribution in [3.8, 4) is 0 Å². The van der Waals surface area contributed by atoms with Gasteiger partial charge in [-0.25, -0.2) is 12.8 Å². The number of anilines is 1. The van der Waals surface area contributed by atoms with Crippen LogP contribution < -0.4 is 5.32 Å². The quantitative estimate of drug-likeness (QED) is 0.435. The Balaban J connectivity index is 1.65. The summed E-state index contributed by atoms with van der Waals surface area (Å²) in [6.07, 6.45) is -1.36. The Kier molecular flexibility index (Phi) is 8.26. The summed E-state index contributed by atoms with van der Waals surface area (Å²) in [5.41, 5.74) is 0.874. The number of hydrogen-bond donors (Lipinski definition) is 2. The van der Waals surface area contributed by atoms with Gasteiger partial charge in [0.15, 0.2) is 16.1 Å². The van der Waals surface area contributed by atoms with E-state index in [0.717, 1.165) is 11.0 Å². The molecular formula is C25H24ClFN2O5S. The van der Waals surface area contributed by atoms with E-state index in [0.29, 0.717) is 16.1 Å². The number of carbonyl (C=O) groups excluding carboxylic acids is 2. The molecule has 0 saturated heterocycles. The number of benzene rings is 3. The molecule has 0 heterocycles. The van der Waals surface area contributed by atoms with Crippen LogP contribution in [0, 0.1) is 5.82 Å². The van der Waals surface area contributed by atoms with Crippen molar-refractivity contribution in [2.24, 2.45) is 0 Å². The van der Waals surface area contributed by atoms with Crippen molar-refractivity contribution >= 4 is 38.9 Å². The molecule has 3 rings (SSSR count). The van der Waals surface area contributed by atoms with Gasteiger partial charge in [0.25, 0.3) is 5.91 Å². The highest BCUT2D eigenvalue weighted by Gasteiger charge is 2.22. The molecule has 0 unspecified atom stereocenters. The highest BCUT2D eigenvalue weighted by atomic mass is 35.5. The number of nitrogens with zero attached hydrogens (tertiary/aromatic N) is 1. The third kappa shape index (κ3) is 6.45. The van der Waals surface area contributed by atoms with Crippen molar-refractivity contribution in [1.29, 1.82) is 0 Å². The Morgan fingerprint density at radius 3 is 2.26 bits per heavy atom. The lowest BCUT2D eigenvalue weighted by molar-refractivity contribution is -0.115. The number of hydrogen-bond acceptors (Lipinski definition) is 5. The molecule has 0 bridgehead atoms. The average Bonchev–Trinajstić information content (AvgIpc) is 2.84. The second-order valence-electron chi connectivity index (χ2n) is 7.81. The van der Waals surface area contributed by atoms with E-state index in [2.05, 4.69) is 5.32 Å². The zero-order valence-electron chi connectivity index (χ0n) is 19.0. The normalized spacial score (nSPS) is 12.1. The highest BCUT2D eigenvalue weighted by Crippen LogP contribution is 2.23. The molecule has 184 valence electrons. The molecule has 0 aliphatic heterocycles. The van der Waals surface area contributed by atoms with Gasteiger partial charge in [0, 0.05) is 23.2 Å². The zero-order chi connectivity index (χ0) is 25.8. The minimum atomic E-state index is -3.34. The van der Waals surface area contributed by atoms with Gasteiger partial charge in [-0.2, -0.15) is 0 Å². The van der Waals surface area contributed by atoms with E-state index in [1.54, 1.807) is 31.2 Å². The maximum absolute atomic E-state index is 14.6. The van der Waals surface area contributed by atoms with Crippen molar-refractivity contribution in [2.75, 3.05) is 18.1 Å². The van der Waals surface area contributed by atoms with Gasteiger partial charge in [0.2, 0.25) is 5.91 Å². The predicted octanol–water partition coefficient (Wildman–Crippen LogP) is 4.22. The van der Waals surface area contributed by atoms with Crippen LogP contribution in [0.15, 0.2) is 71.6 Å². The van der Waals surface area contributed by atoms with E-state index >= 15 is 0 Å². The lowest BCUT2D eigenvalue weighted by Crippen LogP contribution is -2.31. The van der Waals surface area contributed by atoms with E-state index in [9.17, 15) is 27.5 Å². The summed E-state index contributed by atoms with van der Waals surface area (Å²) < 4.78 is 38.4. The molecule has 0 aliphatic carbocycles. The molecule has 10 heteroatoms. The first-order chi connectivity index (χ1) is 16.5. The molecule has 2 N–H and O–H groups in total. The molecule has 0 saturated carbocycles. The van der Waals surface area contributed by atoms with Gasteiger partial charge in [-0.3, -0.25) is 9.59 Å². The number of rotatable bonds is 8. The van der Waals surface area contributed by atoms with Crippen LogP contribution in [-0.4, -0.2) is 43.0 Å². The van der Waals surface area contributed by atoms with E-state index in [-0.39, 0.29) is 28.3 Å². The summed E-state index contributed by atoms with van der Waals surface area (Å²) in [7, 11) is -1.96. The molecular weight excluding hydrogens is 495 g/mol. The van der Waals surface area contributed by atoms with Crippen LogP contribution in [0.25, 0.3) is 0 Å². The molecule has 0 aromatic heterocycles. The fraction of sp³-hybridized carbons (Fsp3) is 0.200. The molecule has 3 aromatic rings. The Bertz CT molecular complexity index is 1330. The Hall–Kier alpha value is -3.27. The highest BCUT2D eigenvalue weighted by molar-refractivity contribution is 7.91. The molecule has 1 atom stereocenters. The Morgan fingerprint density at radius 2 is 1.69 bits per heavy atom. The van der Waals surface area contributed by atoms with E-state index < -0.39 is 33.7 Å². The first kappa shape index (κ1) is 26.3. The van der Waals surface area contributed by atoms with Gasteiger partial charge in [0.05, 0.1) is 22.8 Å².